The zero-order chi connectivity index (χ0) is 11.8. The van der Waals surface area contributed by atoms with E-state index in [0.29, 0.717) is 6.04 Å². The summed E-state index contributed by atoms with van der Waals surface area (Å²) in [6.07, 6.45) is 10.0. The van der Waals surface area contributed by atoms with Crippen molar-refractivity contribution in [1.29, 1.82) is 0 Å². The number of rotatable bonds is 1. The van der Waals surface area contributed by atoms with E-state index in [9.17, 15) is 0 Å². The van der Waals surface area contributed by atoms with E-state index in [1.165, 1.54) is 25.0 Å². The summed E-state index contributed by atoms with van der Waals surface area (Å²) in [5.41, 5.74) is 1.19. The molecule has 0 saturated carbocycles. The van der Waals surface area contributed by atoms with Crippen LogP contribution in [0.3, 0.4) is 0 Å². The quantitative estimate of drug-likeness (QED) is 0.296. The van der Waals surface area contributed by atoms with Gasteiger partial charge in [0.15, 0.2) is 0 Å². The monoisotopic (exact) mass is 337 g/mol. The minimum atomic E-state index is -1.50. The topological polar surface area (TPSA) is 191 Å². The summed E-state index contributed by atoms with van der Waals surface area (Å²) in [7, 11) is 0. The Balaban J connectivity index is -0.000000145. The summed E-state index contributed by atoms with van der Waals surface area (Å²) >= 11 is 0. The molecule has 10 N–H and O–H groups in total. The van der Waals surface area contributed by atoms with Crippen LogP contribution < -0.4 is 0 Å². The average Bonchev–Trinajstić information content (AvgIpc) is 2.31. The van der Waals surface area contributed by atoms with Crippen LogP contribution in [-0.2, 0) is 33.5 Å². The molecular formula is C10H24MnN3O6+4. The molecule has 1 unspecified atom stereocenters. The third kappa shape index (κ3) is 11.9. The van der Waals surface area contributed by atoms with Crippen LogP contribution in [0.4, 0.5) is 0 Å². The van der Waals surface area contributed by atoms with Crippen molar-refractivity contribution in [3.8, 4) is 0 Å². The number of piperidine rings is 1. The van der Waals surface area contributed by atoms with E-state index in [0.717, 1.165) is 13.1 Å². The van der Waals surface area contributed by atoms with E-state index < -0.39 is 5.09 Å². The molecule has 0 amide bonds. The van der Waals surface area contributed by atoms with E-state index in [-0.39, 0.29) is 33.5 Å². The zero-order valence-corrected chi connectivity index (χ0v) is 12.2. The summed E-state index contributed by atoms with van der Waals surface area (Å²) in [6, 6.07) is 0.406. The van der Waals surface area contributed by atoms with Crippen molar-refractivity contribution in [2.75, 3.05) is 13.1 Å². The molecule has 0 aromatic heterocycles. The van der Waals surface area contributed by atoms with Crippen LogP contribution in [0.2, 0.25) is 0 Å². The first kappa shape index (κ1) is 27.2. The molecular weight excluding hydrogens is 313 g/mol. The van der Waals surface area contributed by atoms with Crippen molar-refractivity contribution in [1.82, 2.24) is 0 Å². The van der Waals surface area contributed by atoms with Gasteiger partial charge in [-0.2, -0.15) is 5.70 Å². The molecule has 1 saturated heterocycles. The standard InChI is InChI=1S/C10H14N2.Mn.HNO3.3H2O/c1-3-7-11-9(5-1)10-6-2-4-8-12-10;;2-1(3)4;;;/h1,3,5,10H,2,4,6-8H2;;(H,2,3,4);3*1H2/q-2;+3;;;;/p+3. The second kappa shape index (κ2) is 15.9. The first-order valence-electron chi connectivity index (χ1n) is 5.24. The molecule has 1 atom stereocenters. The molecule has 118 valence electrons. The predicted molar refractivity (Wildman–Crippen MR) is 74.7 cm³/mol. The molecule has 9 nitrogen and oxygen atoms in total. The predicted octanol–water partition coefficient (Wildman–Crippen LogP) is -0.376. The summed E-state index contributed by atoms with van der Waals surface area (Å²) in [6.45, 7) is 1.87. The molecule has 2 aliphatic heterocycles. The molecule has 0 aliphatic carbocycles. The van der Waals surface area contributed by atoms with E-state index >= 15 is 0 Å². The third-order valence-electron chi connectivity index (χ3n) is 2.36. The van der Waals surface area contributed by atoms with Gasteiger partial charge in [0, 0.05) is 0 Å². The molecule has 10 heteroatoms. The molecule has 0 aromatic carbocycles. The minimum absolute atomic E-state index is 0. The van der Waals surface area contributed by atoms with Gasteiger partial charge < -0.3 is 32.3 Å². The number of nitrogens with zero attached hydrogens (tertiary/aromatic N) is 3. The number of hydrogen-bond acceptors (Lipinski definition) is 2. The van der Waals surface area contributed by atoms with Crippen molar-refractivity contribution in [2.24, 2.45) is 0 Å². The van der Waals surface area contributed by atoms with Crippen molar-refractivity contribution in [3.63, 3.8) is 0 Å². The van der Waals surface area contributed by atoms with Gasteiger partial charge in [0.1, 0.15) is 0 Å². The summed E-state index contributed by atoms with van der Waals surface area (Å²) in [5, 5.41) is 22.6. The van der Waals surface area contributed by atoms with Crippen LogP contribution in [0.5, 0.6) is 0 Å². The Morgan fingerprint density at radius 1 is 1.30 bits per heavy atom. The maximum Gasteiger partial charge on any atom is 3.00 e. The molecule has 20 heavy (non-hydrogen) atoms. The van der Waals surface area contributed by atoms with Crippen LogP contribution in [0.15, 0.2) is 23.9 Å². The average molecular weight is 337 g/mol. The van der Waals surface area contributed by atoms with Gasteiger partial charge in [0.25, 0.3) is 5.09 Å². The van der Waals surface area contributed by atoms with Crippen molar-refractivity contribution in [2.45, 2.75) is 25.3 Å². The van der Waals surface area contributed by atoms with E-state index in [1.54, 1.807) is 0 Å². The fraction of sp³-hybridized carbons (Fsp3) is 0.600. The smallest absolute Gasteiger partial charge is 0.686 e. The SMILES string of the molecule is C1=CC[N-]C(C2CCCC[N-]2)=C1.O=[N+]([O-])O.[Mn+3].[OH3+].[OH3+].[OH3+]. The second-order valence-corrected chi connectivity index (χ2v) is 3.52. The Bertz CT molecular complexity index is 291. The van der Waals surface area contributed by atoms with Crippen LogP contribution in [0, 0.1) is 10.1 Å². The molecule has 0 bridgehead atoms. The fourth-order valence-electron chi connectivity index (χ4n) is 1.68. The van der Waals surface area contributed by atoms with Crippen molar-refractivity contribution < 1.29 is 43.8 Å². The normalized spacial score (nSPS) is 18.8. The first-order chi connectivity index (χ1) is 7.70. The molecule has 0 aromatic rings. The van der Waals surface area contributed by atoms with Crippen LogP contribution in [-0.4, -0.2) is 29.4 Å². The fourth-order valence-corrected chi connectivity index (χ4v) is 1.68. The molecule has 2 rings (SSSR count). The van der Waals surface area contributed by atoms with Gasteiger partial charge in [-0.3, -0.25) is 0 Å². The molecule has 0 radical (unpaired) electrons. The van der Waals surface area contributed by atoms with E-state index in [4.69, 9.17) is 15.3 Å². The molecule has 2 aliphatic rings. The van der Waals surface area contributed by atoms with Gasteiger partial charge in [-0.15, -0.1) is 35.3 Å². The zero-order valence-electron chi connectivity index (χ0n) is 11.1. The minimum Gasteiger partial charge on any atom is -0.686 e. The van der Waals surface area contributed by atoms with Gasteiger partial charge in [-0.05, 0) is 0 Å². The number of allylic oxidation sites excluding steroid dienone is 2. The molecule has 2 heterocycles. The maximum atomic E-state index is 8.36. The van der Waals surface area contributed by atoms with E-state index in [1.807, 2.05) is 0 Å². The van der Waals surface area contributed by atoms with E-state index in [2.05, 4.69) is 28.9 Å². The maximum absolute atomic E-state index is 8.36. The largest absolute Gasteiger partial charge is 3.00 e. The molecule has 1 fully saturated rings. The van der Waals surface area contributed by atoms with Gasteiger partial charge in [-0.25, -0.2) is 0 Å². The second-order valence-electron chi connectivity index (χ2n) is 3.52. The summed E-state index contributed by atoms with van der Waals surface area (Å²) in [4.78, 5) is 8.36. The summed E-state index contributed by atoms with van der Waals surface area (Å²) < 4.78 is 0. The van der Waals surface area contributed by atoms with Gasteiger partial charge >= 0.3 is 17.1 Å². The Hall–Kier alpha value is -1.16. The van der Waals surface area contributed by atoms with Crippen LogP contribution in [0.25, 0.3) is 10.6 Å². The third-order valence-corrected chi connectivity index (χ3v) is 2.36. The molecule has 0 spiro atoms. The Morgan fingerprint density at radius 2 is 1.90 bits per heavy atom. The van der Waals surface area contributed by atoms with Gasteiger partial charge in [-0.1, -0.05) is 31.4 Å². The van der Waals surface area contributed by atoms with Crippen LogP contribution >= 0.6 is 0 Å². The summed E-state index contributed by atoms with van der Waals surface area (Å²) in [5.74, 6) is 0. The Kier molecular flexibility index (Phi) is 21.6. The Labute approximate surface area is 127 Å². The van der Waals surface area contributed by atoms with Gasteiger partial charge in [0.05, 0.1) is 0 Å². The van der Waals surface area contributed by atoms with Gasteiger partial charge in [0.2, 0.25) is 0 Å². The first-order valence-corrected chi connectivity index (χ1v) is 5.24. The van der Waals surface area contributed by atoms with Crippen molar-refractivity contribution >= 4 is 0 Å². The number of hydrogen-bond donors (Lipinski definition) is 1. The Morgan fingerprint density at radius 3 is 2.30 bits per heavy atom. The van der Waals surface area contributed by atoms with Crippen molar-refractivity contribution in [3.05, 3.63) is 44.7 Å². The van der Waals surface area contributed by atoms with Crippen LogP contribution in [0.1, 0.15) is 19.3 Å².